The first-order chi connectivity index (χ1) is 9.31. The number of carbonyl (C=O) groups is 1. The van der Waals surface area contributed by atoms with E-state index in [4.69, 9.17) is 5.73 Å². The molecule has 104 valence electrons. The van der Waals surface area contributed by atoms with Crippen LogP contribution in [0.15, 0.2) is 24.3 Å². The molecule has 1 aliphatic heterocycles. The Hall–Kier alpha value is -1.55. The van der Waals surface area contributed by atoms with Crippen molar-refractivity contribution in [1.29, 1.82) is 0 Å². The molecule has 1 fully saturated rings. The molecule has 3 N–H and O–H groups in total. The van der Waals surface area contributed by atoms with Crippen molar-refractivity contribution in [3.8, 4) is 0 Å². The fourth-order valence-corrected chi connectivity index (χ4v) is 2.36. The van der Waals surface area contributed by atoms with Crippen LogP contribution in [0.4, 0.5) is 11.4 Å². The van der Waals surface area contributed by atoms with E-state index in [2.05, 4.69) is 5.32 Å². The van der Waals surface area contributed by atoms with E-state index in [1.165, 1.54) is 6.42 Å². The zero-order chi connectivity index (χ0) is 13.5. The lowest BCUT2D eigenvalue weighted by molar-refractivity contribution is -0.117. The zero-order valence-electron chi connectivity index (χ0n) is 11.4. The summed E-state index contributed by atoms with van der Waals surface area (Å²) in [6.45, 7) is 2.60. The van der Waals surface area contributed by atoms with Gasteiger partial charge in [-0.2, -0.15) is 0 Å². The van der Waals surface area contributed by atoms with Gasteiger partial charge in [0.15, 0.2) is 0 Å². The number of hydrogen-bond donors (Lipinski definition) is 2. The monoisotopic (exact) mass is 261 g/mol. The van der Waals surface area contributed by atoms with E-state index in [1.807, 2.05) is 29.2 Å². The van der Waals surface area contributed by atoms with Crippen LogP contribution in [-0.2, 0) is 4.79 Å². The highest BCUT2D eigenvalue weighted by Crippen LogP contribution is 2.22. The maximum Gasteiger partial charge on any atom is 0.227 e. The number of nitrogens with zero attached hydrogens (tertiary/aromatic N) is 1. The van der Waals surface area contributed by atoms with E-state index in [9.17, 15) is 4.79 Å². The summed E-state index contributed by atoms with van der Waals surface area (Å²) in [6.07, 6.45) is 5.06. The number of benzene rings is 1. The molecule has 1 heterocycles. The minimum absolute atomic E-state index is 0.238. The molecule has 0 atom stereocenters. The lowest BCUT2D eigenvalue weighted by atomic mass is 10.2. The molecule has 2 rings (SSSR count). The van der Waals surface area contributed by atoms with Gasteiger partial charge in [0.25, 0.3) is 0 Å². The Morgan fingerprint density at radius 3 is 2.58 bits per heavy atom. The first-order valence-corrected chi connectivity index (χ1v) is 7.15. The van der Waals surface area contributed by atoms with Crippen molar-refractivity contribution in [2.75, 3.05) is 29.9 Å². The first-order valence-electron chi connectivity index (χ1n) is 7.15. The molecule has 1 aromatic carbocycles. The largest absolute Gasteiger partial charge is 0.385 e. The predicted molar refractivity (Wildman–Crippen MR) is 79.4 cm³/mol. The molecule has 1 aromatic rings. The number of amides is 1. The number of nitrogens with one attached hydrogen (secondary N) is 1. The van der Waals surface area contributed by atoms with Crippen LogP contribution in [-0.4, -0.2) is 25.5 Å². The molecule has 0 bridgehead atoms. The maximum absolute atomic E-state index is 11.6. The van der Waals surface area contributed by atoms with Crippen LogP contribution in [0.5, 0.6) is 0 Å². The molecule has 0 radical (unpaired) electrons. The molecular formula is C15H23N3O. The van der Waals surface area contributed by atoms with Crippen LogP contribution < -0.4 is 16.0 Å². The Labute approximate surface area is 115 Å². The predicted octanol–water partition coefficient (Wildman–Crippen LogP) is 2.35. The molecule has 1 saturated heterocycles. The SMILES string of the molecule is NCCCCCNc1ccc(N2CCCC2=O)cc1. The third kappa shape index (κ3) is 3.96. The second-order valence-electron chi connectivity index (χ2n) is 4.97. The van der Waals surface area contributed by atoms with Crippen molar-refractivity contribution >= 4 is 17.3 Å². The molecule has 0 aromatic heterocycles. The topological polar surface area (TPSA) is 58.4 Å². The van der Waals surface area contributed by atoms with Gasteiger partial charge >= 0.3 is 0 Å². The summed E-state index contributed by atoms with van der Waals surface area (Å²) in [5, 5.41) is 3.39. The lowest BCUT2D eigenvalue weighted by Gasteiger charge is -2.16. The Bertz CT molecular complexity index is 402. The Kier molecular flexibility index (Phi) is 5.21. The van der Waals surface area contributed by atoms with Crippen LogP contribution in [0, 0.1) is 0 Å². The summed E-state index contributed by atoms with van der Waals surface area (Å²) in [4.78, 5) is 13.5. The average molecular weight is 261 g/mol. The summed E-state index contributed by atoms with van der Waals surface area (Å²) in [5.41, 5.74) is 7.58. The van der Waals surface area contributed by atoms with Gasteiger partial charge in [-0.25, -0.2) is 0 Å². The quantitative estimate of drug-likeness (QED) is 0.741. The third-order valence-electron chi connectivity index (χ3n) is 3.46. The van der Waals surface area contributed by atoms with Crippen molar-refractivity contribution < 1.29 is 4.79 Å². The van der Waals surface area contributed by atoms with E-state index in [1.54, 1.807) is 0 Å². The van der Waals surface area contributed by atoms with Gasteiger partial charge in [-0.1, -0.05) is 6.42 Å². The summed E-state index contributed by atoms with van der Waals surface area (Å²) in [5.74, 6) is 0.238. The standard InChI is InChI=1S/C15H23N3O/c16-10-2-1-3-11-17-13-6-8-14(9-7-13)18-12-4-5-15(18)19/h6-9,17H,1-5,10-12,16H2. The van der Waals surface area contributed by atoms with Crippen LogP contribution in [0.3, 0.4) is 0 Å². The third-order valence-corrected chi connectivity index (χ3v) is 3.46. The average Bonchev–Trinajstić information content (AvgIpc) is 2.86. The molecule has 19 heavy (non-hydrogen) atoms. The first kappa shape index (κ1) is 13.9. The molecule has 0 unspecified atom stereocenters. The number of rotatable bonds is 7. The summed E-state index contributed by atoms with van der Waals surface area (Å²) >= 11 is 0. The fourth-order valence-electron chi connectivity index (χ4n) is 2.36. The van der Waals surface area contributed by atoms with E-state index < -0.39 is 0 Å². The molecule has 4 heteroatoms. The number of carbonyl (C=O) groups excluding carboxylic acids is 1. The van der Waals surface area contributed by atoms with Gasteiger partial charge in [0.2, 0.25) is 5.91 Å². The van der Waals surface area contributed by atoms with Gasteiger partial charge in [0, 0.05) is 30.9 Å². The van der Waals surface area contributed by atoms with Gasteiger partial charge in [-0.3, -0.25) is 4.79 Å². The van der Waals surface area contributed by atoms with E-state index in [0.717, 1.165) is 50.3 Å². The van der Waals surface area contributed by atoms with E-state index in [-0.39, 0.29) is 5.91 Å². The maximum atomic E-state index is 11.6. The van der Waals surface area contributed by atoms with Crippen LogP contribution in [0.1, 0.15) is 32.1 Å². The van der Waals surface area contributed by atoms with Gasteiger partial charge in [0.1, 0.15) is 0 Å². The minimum atomic E-state index is 0.238. The number of nitrogens with two attached hydrogens (primary N) is 1. The molecule has 4 nitrogen and oxygen atoms in total. The number of unbranched alkanes of at least 4 members (excludes halogenated alkanes) is 2. The second kappa shape index (κ2) is 7.14. The molecule has 1 amide bonds. The van der Waals surface area contributed by atoms with Gasteiger partial charge < -0.3 is 16.0 Å². The minimum Gasteiger partial charge on any atom is -0.385 e. The fraction of sp³-hybridized carbons (Fsp3) is 0.533. The molecule has 0 saturated carbocycles. The van der Waals surface area contributed by atoms with Gasteiger partial charge in [0.05, 0.1) is 0 Å². The van der Waals surface area contributed by atoms with Gasteiger partial charge in [-0.15, -0.1) is 0 Å². The molecular weight excluding hydrogens is 238 g/mol. The van der Waals surface area contributed by atoms with Crippen LogP contribution >= 0.6 is 0 Å². The number of anilines is 2. The smallest absolute Gasteiger partial charge is 0.227 e. The Balaban J connectivity index is 1.79. The Morgan fingerprint density at radius 1 is 1.16 bits per heavy atom. The normalized spacial score (nSPS) is 15.0. The van der Waals surface area contributed by atoms with Crippen LogP contribution in [0.2, 0.25) is 0 Å². The van der Waals surface area contributed by atoms with E-state index in [0.29, 0.717) is 6.42 Å². The van der Waals surface area contributed by atoms with Gasteiger partial charge in [-0.05, 0) is 50.1 Å². The van der Waals surface area contributed by atoms with E-state index >= 15 is 0 Å². The summed E-state index contributed by atoms with van der Waals surface area (Å²) in [6, 6.07) is 8.13. The zero-order valence-corrected chi connectivity index (χ0v) is 11.4. The van der Waals surface area contributed by atoms with Crippen molar-refractivity contribution in [1.82, 2.24) is 0 Å². The molecule has 1 aliphatic rings. The molecule has 0 aliphatic carbocycles. The molecule has 0 spiro atoms. The van der Waals surface area contributed by atoms with Crippen molar-refractivity contribution in [2.24, 2.45) is 5.73 Å². The summed E-state index contributed by atoms with van der Waals surface area (Å²) in [7, 11) is 0. The lowest BCUT2D eigenvalue weighted by Crippen LogP contribution is -2.23. The van der Waals surface area contributed by atoms with Crippen molar-refractivity contribution in [3.05, 3.63) is 24.3 Å². The second-order valence-corrected chi connectivity index (χ2v) is 4.97. The highest BCUT2D eigenvalue weighted by Gasteiger charge is 2.21. The highest BCUT2D eigenvalue weighted by molar-refractivity contribution is 5.95. The van der Waals surface area contributed by atoms with Crippen LogP contribution in [0.25, 0.3) is 0 Å². The Morgan fingerprint density at radius 2 is 1.95 bits per heavy atom. The van der Waals surface area contributed by atoms with Crippen molar-refractivity contribution in [3.63, 3.8) is 0 Å². The highest BCUT2D eigenvalue weighted by atomic mass is 16.2. The van der Waals surface area contributed by atoms with Crippen molar-refractivity contribution in [2.45, 2.75) is 32.1 Å². The number of hydrogen-bond acceptors (Lipinski definition) is 3. The summed E-state index contributed by atoms with van der Waals surface area (Å²) < 4.78 is 0.